The smallest absolute Gasteiger partial charge is 0.145 e. The first-order valence-electron chi connectivity index (χ1n) is 5.92. The monoisotopic (exact) mass is 329 g/mol. The maximum atomic E-state index is 6.26. The van der Waals surface area contributed by atoms with Crippen molar-refractivity contribution in [3.05, 3.63) is 21.6 Å². The molecule has 0 unspecified atom stereocenters. The highest BCUT2D eigenvalue weighted by Gasteiger charge is 2.24. The fraction of sp³-hybridized carbons (Fsp3) is 0.500. The Hall–Kier alpha value is -0.650. The zero-order valence-electron chi connectivity index (χ0n) is 9.99. The summed E-state index contributed by atoms with van der Waals surface area (Å²) in [7, 11) is 1.91. The van der Waals surface area contributed by atoms with Gasteiger partial charge in [-0.1, -0.05) is 11.6 Å². The molecule has 0 atom stereocenters. The van der Waals surface area contributed by atoms with Crippen LogP contribution in [-0.4, -0.2) is 27.7 Å². The Morgan fingerprint density at radius 2 is 2.11 bits per heavy atom. The largest absolute Gasteiger partial charge is 0.381 e. The van der Waals surface area contributed by atoms with Gasteiger partial charge in [0.1, 0.15) is 17.1 Å². The van der Waals surface area contributed by atoms with Crippen molar-refractivity contribution in [2.45, 2.75) is 18.8 Å². The molecule has 96 valence electrons. The predicted molar refractivity (Wildman–Crippen MR) is 74.0 cm³/mol. The third-order valence-electron chi connectivity index (χ3n) is 3.48. The summed E-state index contributed by atoms with van der Waals surface area (Å²) >= 11 is 9.81. The van der Waals surface area contributed by atoms with E-state index in [9.17, 15) is 0 Å². The van der Waals surface area contributed by atoms with E-state index in [0.29, 0.717) is 11.1 Å². The summed E-state index contributed by atoms with van der Waals surface area (Å²) in [4.78, 5) is 8.80. The van der Waals surface area contributed by atoms with E-state index in [2.05, 4.69) is 25.9 Å². The predicted octanol–water partition coefficient (Wildman–Crippen LogP) is 3.28. The van der Waals surface area contributed by atoms with Gasteiger partial charge in [0.15, 0.2) is 0 Å². The molecule has 1 fully saturated rings. The van der Waals surface area contributed by atoms with E-state index in [1.165, 1.54) is 0 Å². The number of halogens is 2. The van der Waals surface area contributed by atoms with Gasteiger partial charge in [-0.25, -0.2) is 9.97 Å². The van der Waals surface area contributed by atoms with Gasteiger partial charge < -0.3 is 9.30 Å². The molecule has 1 aliphatic rings. The van der Waals surface area contributed by atoms with Gasteiger partial charge in [-0.05, 0) is 28.8 Å². The third-order valence-corrected chi connectivity index (χ3v) is 4.92. The second-order valence-corrected chi connectivity index (χ2v) is 5.66. The third kappa shape index (κ3) is 1.85. The maximum Gasteiger partial charge on any atom is 0.145 e. The van der Waals surface area contributed by atoms with E-state index in [1.54, 1.807) is 6.33 Å². The van der Waals surface area contributed by atoms with Crippen molar-refractivity contribution in [1.29, 1.82) is 0 Å². The van der Waals surface area contributed by atoms with E-state index in [0.717, 1.165) is 47.3 Å². The van der Waals surface area contributed by atoms with Gasteiger partial charge in [-0.2, -0.15) is 0 Å². The minimum absolute atomic E-state index is 0.430. The zero-order chi connectivity index (χ0) is 12.7. The van der Waals surface area contributed by atoms with Crippen molar-refractivity contribution >= 4 is 38.6 Å². The number of hydrogen-bond donors (Lipinski definition) is 0. The molecule has 0 N–H and O–H groups in total. The van der Waals surface area contributed by atoms with Gasteiger partial charge >= 0.3 is 0 Å². The van der Waals surface area contributed by atoms with Gasteiger partial charge in [0.05, 0.1) is 15.6 Å². The SMILES string of the molecule is Cn1c(Cl)c(Br)c2c(C3CCOCC3)ncnc21. The molecule has 18 heavy (non-hydrogen) atoms. The number of aryl methyl sites for hydroxylation is 1. The van der Waals surface area contributed by atoms with E-state index < -0.39 is 0 Å². The van der Waals surface area contributed by atoms with Crippen molar-refractivity contribution in [3.63, 3.8) is 0 Å². The number of rotatable bonds is 1. The van der Waals surface area contributed by atoms with Gasteiger partial charge in [0.2, 0.25) is 0 Å². The molecule has 3 rings (SSSR count). The van der Waals surface area contributed by atoms with Crippen molar-refractivity contribution in [1.82, 2.24) is 14.5 Å². The molecule has 0 radical (unpaired) electrons. The van der Waals surface area contributed by atoms with E-state index in [-0.39, 0.29) is 0 Å². The number of fused-ring (bicyclic) bond motifs is 1. The molecule has 0 saturated carbocycles. The topological polar surface area (TPSA) is 39.9 Å². The van der Waals surface area contributed by atoms with Crippen LogP contribution in [-0.2, 0) is 11.8 Å². The Labute approximate surface area is 118 Å². The van der Waals surface area contributed by atoms with E-state index in [1.807, 2.05) is 11.6 Å². The molecule has 2 aromatic rings. The Balaban J connectivity index is 2.20. The fourth-order valence-corrected chi connectivity index (χ4v) is 3.30. The van der Waals surface area contributed by atoms with Crippen LogP contribution in [0.4, 0.5) is 0 Å². The molecule has 0 bridgehead atoms. The second kappa shape index (κ2) is 4.79. The molecule has 3 heterocycles. The Kier molecular flexibility index (Phi) is 3.30. The van der Waals surface area contributed by atoms with Crippen molar-refractivity contribution in [2.75, 3.05) is 13.2 Å². The van der Waals surface area contributed by atoms with Gasteiger partial charge in [0.25, 0.3) is 0 Å². The molecule has 4 nitrogen and oxygen atoms in total. The summed E-state index contributed by atoms with van der Waals surface area (Å²) in [5.74, 6) is 0.430. The lowest BCUT2D eigenvalue weighted by Gasteiger charge is -2.21. The number of nitrogens with zero attached hydrogens (tertiary/aromatic N) is 3. The van der Waals surface area contributed by atoms with Crippen LogP contribution in [0, 0.1) is 0 Å². The zero-order valence-corrected chi connectivity index (χ0v) is 12.3. The first-order valence-corrected chi connectivity index (χ1v) is 7.09. The highest BCUT2D eigenvalue weighted by molar-refractivity contribution is 9.10. The Morgan fingerprint density at radius 3 is 2.83 bits per heavy atom. The lowest BCUT2D eigenvalue weighted by atomic mass is 9.94. The average Bonchev–Trinajstić information content (AvgIpc) is 2.65. The lowest BCUT2D eigenvalue weighted by Crippen LogP contribution is -2.15. The molecular formula is C12H13BrClN3O. The van der Waals surface area contributed by atoms with Crippen LogP contribution in [0.3, 0.4) is 0 Å². The molecule has 1 aliphatic heterocycles. The normalized spacial score (nSPS) is 17.5. The quantitative estimate of drug-likeness (QED) is 0.805. The lowest BCUT2D eigenvalue weighted by molar-refractivity contribution is 0.0848. The van der Waals surface area contributed by atoms with Crippen LogP contribution in [0.5, 0.6) is 0 Å². The average molecular weight is 331 g/mol. The van der Waals surface area contributed by atoms with Crippen molar-refractivity contribution in [2.24, 2.45) is 7.05 Å². The van der Waals surface area contributed by atoms with Crippen LogP contribution in [0.25, 0.3) is 11.0 Å². The standard InChI is InChI=1S/C12H13BrClN3O/c1-17-11(14)9(13)8-10(15-6-16-12(8)17)7-2-4-18-5-3-7/h6-7H,2-5H2,1H3. The fourth-order valence-electron chi connectivity index (χ4n) is 2.48. The molecular weight excluding hydrogens is 318 g/mol. The van der Waals surface area contributed by atoms with Crippen molar-refractivity contribution < 1.29 is 4.74 Å². The first kappa shape index (κ1) is 12.4. The number of hydrogen-bond acceptors (Lipinski definition) is 3. The van der Waals surface area contributed by atoms with E-state index in [4.69, 9.17) is 16.3 Å². The highest BCUT2D eigenvalue weighted by Crippen LogP contribution is 2.38. The summed E-state index contributed by atoms with van der Waals surface area (Å²) in [6.07, 6.45) is 3.63. The van der Waals surface area contributed by atoms with Crippen LogP contribution in [0.15, 0.2) is 10.8 Å². The maximum absolute atomic E-state index is 6.26. The summed E-state index contributed by atoms with van der Waals surface area (Å²) in [5.41, 5.74) is 1.96. The minimum atomic E-state index is 0.430. The van der Waals surface area contributed by atoms with Crippen LogP contribution < -0.4 is 0 Å². The van der Waals surface area contributed by atoms with Crippen LogP contribution in [0.2, 0.25) is 5.15 Å². The van der Waals surface area contributed by atoms with Gasteiger partial charge in [-0.3, -0.25) is 0 Å². The molecule has 0 amide bonds. The molecule has 0 aromatic carbocycles. The molecule has 6 heteroatoms. The summed E-state index contributed by atoms with van der Waals surface area (Å²) < 4.78 is 8.18. The van der Waals surface area contributed by atoms with Crippen LogP contribution >= 0.6 is 27.5 Å². The minimum Gasteiger partial charge on any atom is -0.381 e. The molecule has 1 saturated heterocycles. The molecule has 2 aromatic heterocycles. The first-order chi connectivity index (χ1) is 8.70. The highest BCUT2D eigenvalue weighted by atomic mass is 79.9. The van der Waals surface area contributed by atoms with Gasteiger partial charge in [-0.15, -0.1) is 0 Å². The Bertz CT molecular complexity index is 593. The Morgan fingerprint density at radius 1 is 1.39 bits per heavy atom. The van der Waals surface area contributed by atoms with Crippen LogP contribution in [0.1, 0.15) is 24.5 Å². The summed E-state index contributed by atoms with van der Waals surface area (Å²) in [6.45, 7) is 1.60. The summed E-state index contributed by atoms with van der Waals surface area (Å²) in [5, 5.41) is 1.70. The second-order valence-electron chi connectivity index (χ2n) is 4.51. The molecule has 0 spiro atoms. The number of aromatic nitrogens is 3. The van der Waals surface area contributed by atoms with E-state index >= 15 is 0 Å². The van der Waals surface area contributed by atoms with Gasteiger partial charge in [0, 0.05) is 26.2 Å². The molecule has 0 aliphatic carbocycles. The van der Waals surface area contributed by atoms with Crippen molar-refractivity contribution in [3.8, 4) is 0 Å². The number of ether oxygens (including phenoxy) is 1. The summed E-state index contributed by atoms with van der Waals surface area (Å²) in [6, 6.07) is 0.